The van der Waals surface area contributed by atoms with E-state index in [1.165, 1.54) is 7.11 Å². The van der Waals surface area contributed by atoms with Crippen molar-refractivity contribution < 1.29 is 23.8 Å². The number of rotatable bonds is 7. The largest absolute Gasteiger partial charge is 0.465 e. The Labute approximate surface area is 158 Å². The van der Waals surface area contributed by atoms with Crippen molar-refractivity contribution in [2.24, 2.45) is 5.92 Å². The average Bonchev–Trinajstić information content (AvgIpc) is 3.00. The number of ether oxygens (including phenoxy) is 3. The summed E-state index contributed by atoms with van der Waals surface area (Å²) >= 11 is 0. The number of hydrogen-bond donors (Lipinski definition) is 0. The fraction of sp³-hybridized carbons (Fsp3) is 0.273. The third kappa shape index (κ3) is 4.44. The van der Waals surface area contributed by atoms with Crippen LogP contribution in [0.4, 0.5) is 0 Å². The van der Waals surface area contributed by atoms with Crippen molar-refractivity contribution in [2.75, 3.05) is 13.7 Å². The molecule has 0 aromatic heterocycles. The zero-order chi connectivity index (χ0) is 19.2. The molecule has 5 heteroatoms. The Morgan fingerprint density at radius 1 is 1.11 bits per heavy atom. The Hall–Kier alpha value is -2.92. The molecule has 2 aromatic carbocycles. The van der Waals surface area contributed by atoms with E-state index in [0.29, 0.717) is 30.8 Å². The summed E-state index contributed by atoms with van der Waals surface area (Å²) in [6.07, 6.45) is 0.206. The smallest absolute Gasteiger partial charge is 0.337 e. The van der Waals surface area contributed by atoms with Gasteiger partial charge in [-0.15, -0.1) is 0 Å². The van der Waals surface area contributed by atoms with Crippen LogP contribution in [0.25, 0.3) is 0 Å². The van der Waals surface area contributed by atoms with Gasteiger partial charge < -0.3 is 14.2 Å². The van der Waals surface area contributed by atoms with Crippen molar-refractivity contribution >= 4 is 11.9 Å². The Bertz CT molecular complexity index is 810. The van der Waals surface area contributed by atoms with Gasteiger partial charge in [0.15, 0.2) is 0 Å². The summed E-state index contributed by atoms with van der Waals surface area (Å²) in [5, 5.41) is 0. The lowest BCUT2D eigenvalue weighted by atomic mass is 9.89. The maximum absolute atomic E-state index is 12.0. The molecule has 1 aliphatic rings. The van der Waals surface area contributed by atoms with Crippen molar-refractivity contribution in [2.45, 2.75) is 19.1 Å². The lowest BCUT2D eigenvalue weighted by Crippen LogP contribution is -2.12. The van der Waals surface area contributed by atoms with Gasteiger partial charge in [-0.25, -0.2) is 9.59 Å². The first-order valence-electron chi connectivity index (χ1n) is 8.80. The van der Waals surface area contributed by atoms with Gasteiger partial charge >= 0.3 is 11.9 Å². The molecule has 2 atom stereocenters. The molecule has 1 fully saturated rings. The molecule has 27 heavy (non-hydrogen) atoms. The fourth-order valence-corrected chi connectivity index (χ4v) is 3.13. The third-order valence-corrected chi connectivity index (χ3v) is 4.65. The van der Waals surface area contributed by atoms with E-state index >= 15 is 0 Å². The van der Waals surface area contributed by atoms with Gasteiger partial charge in [0.05, 0.1) is 19.3 Å². The van der Waals surface area contributed by atoms with E-state index in [-0.39, 0.29) is 11.9 Å². The zero-order valence-corrected chi connectivity index (χ0v) is 15.2. The predicted molar refractivity (Wildman–Crippen MR) is 100.0 cm³/mol. The summed E-state index contributed by atoms with van der Waals surface area (Å²) in [5.41, 5.74) is 2.83. The average molecular weight is 366 g/mol. The van der Waals surface area contributed by atoms with E-state index in [9.17, 15) is 9.59 Å². The summed E-state index contributed by atoms with van der Waals surface area (Å²) in [4.78, 5) is 23.6. The van der Waals surface area contributed by atoms with E-state index in [2.05, 4.69) is 6.58 Å². The molecule has 1 aliphatic heterocycles. The number of cyclic esters (lactones) is 1. The molecule has 0 unspecified atom stereocenters. The van der Waals surface area contributed by atoms with Crippen LogP contribution in [-0.2, 0) is 25.6 Å². The minimum Gasteiger partial charge on any atom is -0.465 e. The van der Waals surface area contributed by atoms with Gasteiger partial charge in [0, 0.05) is 18.1 Å². The minimum absolute atomic E-state index is 0.155. The number of esters is 2. The molecule has 1 heterocycles. The van der Waals surface area contributed by atoms with Gasteiger partial charge in [-0.3, -0.25) is 0 Å². The number of hydrogen-bond acceptors (Lipinski definition) is 5. The van der Waals surface area contributed by atoms with Gasteiger partial charge in [0.2, 0.25) is 0 Å². The van der Waals surface area contributed by atoms with E-state index in [1.54, 1.807) is 24.3 Å². The molecule has 1 saturated heterocycles. The monoisotopic (exact) mass is 366 g/mol. The van der Waals surface area contributed by atoms with Crippen molar-refractivity contribution in [1.29, 1.82) is 0 Å². The maximum Gasteiger partial charge on any atom is 0.337 e. The standard InChI is InChI=1S/C22H22O5/c1-15-19(12-13-26-14-16-6-4-3-5-7-16)20(27-21(15)23)17-8-10-18(11-9-17)22(24)25-2/h3-11,19-20H,1,12-14H2,2H3/t19-,20-/m1/s1. The van der Waals surface area contributed by atoms with Crippen LogP contribution >= 0.6 is 0 Å². The van der Waals surface area contributed by atoms with E-state index in [1.807, 2.05) is 30.3 Å². The quantitative estimate of drug-likeness (QED) is 0.423. The number of methoxy groups -OCH3 is 1. The van der Waals surface area contributed by atoms with Crippen molar-refractivity contribution in [1.82, 2.24) is 0 Å². The summed E-state index contributed by atoms with van der Waals surface area (Å²) in [6, 6.07) is 16.8. The second kappa shape index (κ2) is 8.64. The highest BCUT2D eigenvalue weighted by Crippen LogP contribution is 2.40. The highest BCUT2D eigenvalue weighted by atomic mass is 16.6. The highest BCUT2D eigenvalue weighted by Gasteiger charge is 2.39. The molecule has 0 radical (unpaired) electrons. The van der Waals surface area contributed by atoms with Gasteiger partial charge in [-0.05, 0) is 29.7 Å². The summed E-state index contributed by atoms with van der Waals surface area (Å²) in [6.45, 7) is 4.90. The van der Waals surface area contributed by atoms with Crippen molar-refractivity contribution in [3.8, 4) is 0 Å². The molecule has 0 spiro atoms. The van der Waals surface area contributed by atoms with Crippen molar-refractivity contribution in [3.05, 3.63) is 83.4 Å². The summed E-state index contributed by atoms with van der Waals surface area (Å²) < 4.78 is 16.0. The number of carbonyl (C=O) groups excluding carboxylic acids is 2. The van der Waals surface area contributed by atoms with Crippen LogP contribution in [0.3, 0.4) is 0 Å². The van der Waals surface area contributed by atoms with Gasteiger partial charge in [-0.2, -0.15) is 0 Å². The van der Waals surface area contributed by atoms with Crippen LogP contribution in [0.1, 0.15) is 34.0 Å². The molecule has 0 saturated carbocycles. The first kappa shape index (κ1) is 18.9. The van der Waals surface area contributed by atoms with Crippen LogP contribution < -0.4 is 0 Å². The number of benzene rings is 2. The third-order valence-electron chi connectivity index (χ3n) is 4.65. The van der Waals surface area contributed by atoms with Gasteiger partial charge in [-0.1, -0.05) is 49.0 Å². The molecular weight excluding hydrogens is 344 g/mol. The Kier molecular flexibility index (Phi) is 6.04. The minimum atomic E-state index is -0.419. The molecule has 0 N–H and O–H groups in total. The summed E-state index contributed by atoms with van der Waals surface area (Å²) in [7, 11) is 1.34. The van der Waals surface area contributed by atoms with Crippen LogP contribution in [0.15, 0.2) is 66.7 Å². The molecule has 0 amide bonds. The second-order valence-electron chi connectivity index (χ2n) is 6.40. The number of carbonyl (C=O) groups is 2. The normalized spacial score (nSPS) is 19.0. The Balaban J connectivity index is 1.62. The Morgan fingerprint density at radius 2 is 1.81 bits per heavy atom. The van der Waals surface area contributed by atoms with E-state index < -0.39 is 12.1 Å². The van der Waals surface area contributed by atoms with E-state index in [0.717, 1.165) is 11.1 Å². The first-order chi connectivity index (χ1) is 13.1. The van der Waals surface area contributed by atoms with Crippen LogP contribution in [0.5, 0.6) is 0 Å². The maximum atomic E-state index is 12.0. The fourth-order valence-electron chi connectivity index (χ4n) is 3.13. The summed E-state index contributed by atoms with van der Waals surface area (Å²) in [5.74, 6) is -0.942. The van der Waals surface area contributed by atoms with E-state index in [4.69, 9.17) is 14.2 Å². The zero-order valence-electron chi connectivity index (χ0n) is 15.2. The molecule has 2 aromatic rings. The first-order valence-corrected chi connectivity index (χ1v) is 8.80. The molecule has 5 nitrogen and oxygen atoms in total. The van der Waals surface area contributed by atoms with Crippen LogP contribution in [0.2, 0.25) is 0 Å². The molecule has 3 rings (SSSR count). The van der Waals surface area contributed by atoms with Crippen LogP contribution in [-0.4, -0.2) is 25.7 Å². The molecular formula is C22H22O5. The second-order valence-corrected chi connectivity index (χ2v) is 6.40. The highest BCUT2D eigenvalue weighted by molar-refractivity contribution is 5.91. The molecule has 140 valence electrons. The van der Waals surface area contributed by atoms with Crippen molar-refractivity contribution in [3.63, 3.8) is 0 Å². The molecule has 0 bridgehead atoms. The predicted octanol–water partition coefficient (Wildman–Crippen LogP) is 3.85. The lowest BCUT2D eigenvalue weighted by Gasteiger charge is -2.18. The Morgan fingerprint density at radius 3 is 2.48 bits per heavy atom. The van der Waals surface area contributed by atoms with Crippen LogP contribution in [0, 0.1) is 5.92 Å². The van der Waals surface area contributed by atoms with Gasteiger partial charge in [0.25, 0.3) is 0 Å². The molecule has 0 aliphatic carbocycles. The topological polar surface area (TPSA) is 61.8 Å². The van der Waals surface area contributed by atoms with Gasteiger partial charge in [0.1, 0.15) is 6.10 Å². The lowest BCUT2D eigenvalue weighted by molar-refractivity contribution is -0.139. The SMILES string of the molecule is C=C1C(=O)O[C@H](c2ccc(C(=O)OC)cc2)[C@@H]1CCOCc1ccccc1.